The molecular formula is C16H13ClN6O3. The summed E-state index contributed by atoms with van der Waals surface area (Å²) >= 11 is 6.02. The van der Waals surface area contributed by atoms with E-state index in [1.54, 1.807) is 12.2 Å². The van der Waals surface area contributed by atoms with Gasteiger partial charge in [0.05, 0.1) is 22.6 Å². The number of ether oxygens (including phenoxy) is 2. The summed E-state index contributed by atoms with van der Waals surface area (Å²) in [5.74, 6) is 0.488. The quantitative estimate of drug-likeness (QED) is 0.477. The van der Waals surface area contributed by atoms with Crippen molar-refractivity contribution in [1.82, 2.24) is 9.97 Å². The molecule has 2 heterocycles. The van der Waals surface area contributed by atoms with E-state index in [9.17, 15) is 4.79 Å². The van der Waals surface area contributed by atoms with Crippen LogP contribution in [0.5, 0.6) is 11.6 Å². The molecule has 2 aromatic rings. The molecule has 4 N–H and O–H groups in total. The van der Waals surface area contributed by atoms with E-state index in [2.05, 4.69) is 20.6 Å². The fourth-order valence-corrected chi connectivity index (χ4v) is 2.23. The lowest BCUT2D eigenvalue weighted by molar-refractivity contribution is 0.262. The van der Waals surface area contributed by atoms with Crippen molar-refractivity contribution in [3.63, 3.8) is 0 Å². The van der Waals surface area contributed by atoms with E-state index in [-0.39, 0.29) is 35.6 Å². The average molecular weight is 373 g/mol. The fourth-order valence-electron chi connectivity index (χ4n) is 2.07. The fraction of sp³-hybridized carbons (Fsp3) is 0.125. The molecule has 0 atom stereocenters. The van der Waals surface area contributed by atoms with Gasteiger partial charge < -0.3 is 20.5 Å². The van der Waals surface area contributed by atoms with Gasteiger partial charge in [-0.25, -0.2) is 9.78 Å². The standard InChI is InChI=1S/C16H13ClN6O3/c17-9-5-11-13(6-10(9)19)25-3-1-2-4-26-15-12(7-18)20-8-14(22-15)23-16(24)21-11/h1-2,5-6,8H,3-4,19H2,(H2,21,22,23,24)/b2-1-. The van der Waals surface area contributed by atoms with E-state index in [4.69, 9.17) is 32.1 Å². The van der Waals surface area contributed by atoms with Crippen molar-refractivity contribution >= 4 is 34.8 Å². The Kier molecular flexibility index (Phi) is 5.05. The van der Waals surface area contributed by atoms with Crippen LogP contribution in [-0.4, -0.2) is 29.2 Å². The topological polar surface area (TPSA) is 135 Å². The second-order valence-corrected chi connectivity index (χ2v) is 5.47. The third kappa shape index (κ3) is 3.93. The highest BCUT2D eigenvalue weighted by Gasteiger charge is 2.14. The van der Waals surface area contributed by atoms with Crippen LogP contribution >= 0.6 is 11.6 Å². The first-order chi connectivity index (χ1) is 12.6. The number of nitrogens with one attached hydrogen (secondary N) is 2. The van der Waals surface area contributed by atoms with E-state index in [1.807, 2.05) is 6.07 Å². The Hall–Kier alpha value is -3.51. The number of benzene rings is 1. The third-order valence-corrected chi connectivity index (χ3v) is 3.58. The minimum absolute atomic E-state index is 0.0142. The zero-order chi connectivity index (χ0) is 18.5. The summed E-state index contributed by atoms with van der Waals surface area (Å²) in [6.45, 7) is 0.357. The van der Waals surface area contributed by atoms with Crippen molar-refractivity contribution in [3.05, 3.63) is 41.2 Å². The lowest BCUT2D eigenvalue weighted by atomic mass is 10.2. The Morgan fingerprint density at radius 3 is 2.77 bits per heavy atom. The average Bonchev–Trinajstić information content (AvgIpc) is 2.61. The number of amides is 2. The molecule has 26 heavy (non-hydrogen) atoms. The molecule has 0 spiro atoms. The zero-order valence-electron chi connectivity index (χ0n) is 13.3. The van der Waals surface area contributed by atoms with E-state index in [0.29, 0.717) is 17.1 Å². The van der Waals surface area contributed by atoms with Gasteiger partial charge in [-0.1, -0.05) is 11.6 Å². The minimum Gasteiger partial charge on any atom is -0.487 e. The number of urea groups is 1. The Morgan fingerprint density at radius 1 is 1.23 bits per heavy atom. The maximum absolute atomic E-state index is 12.2. The molecule has 0 saturated carbocycles. The van der Waals surface area contributed by atoms with Crippen molar-refractivity contribution in [2.24, 2.45) is 0 Å². The third-order valence-electron chi connectivity index (χ3n) is 3.25. The number of carbonyl (C=O) groups is 1. The number of rotatable bonds is 0. The molecule has 132 valence electrons. The monoisotopic (exact) mass is 372 g/mol. The van der Waals surface area contributed by atoms with Gasteiger partial charge in [0.25, 0.3) is 5.88 Å². The number of anilines is 3. The van der Waals surface area contributed by atoms with E-state index >= 15 is 0 Å². The highest BCUT2D eigenvalue weighted by atomic mass is 35.5. The van der Waals surface area contributed by atoms with Crippen LogP contribution in [0.25, 0.3) is 0 Å². The Labute approximate surface area is 153 Å². The molecule has 0 aliphatic carbocycles. The predicted molar refractivity (Wildman–Crippen MR) is 95.4 cm³/mol. The molecule has 0 unspecified atom stereocenters. The molecule has 0 fully saturated rings. The van der Waals surface area contributed by atoms with Crippen LogP contribution < -0.4 is 25.8 Å². The molecular weight excluding hydrogens is 360 g/mol. The maximum Gasteiger partial charge on any atom is 0.325 e. The van der Waals surface area contributed by atoms with Gasteiger partial charge in [0.15, 0.2) is 5.82 Å². The molecule has 1 aromatic heterocycles. The van der Waals surface area contributed by atoms with Crippen molar-refractivity contribution in [3.8, 4) is 17.7 Å². The lowest BCUT2D eigenvalue weighted by Crippen LogP contribution is -2.21. The van der Waals surface area contributed by atoms with Crippen LogP contribution in [0.1, 0.15) is 5.69 Å². The molecule has 1 aliphatic heterocycles. The van der Waals surface area contributed by atoms with Crippen LogP contribution in [0.4, 0.5) is 22.0 Å². The SMILES string of the molecule is N#Cc1ncc2nc1OC/C=C\COc1cc(N)c(Cl)cc1NC(=O)N2. The maximum atomic E-state index is 12.2. The van der Waals surface area contributed by atoms with Gasteiger partial charge in [0, 0.05) is 6.07 Å². The van der Waals surface area contributed by atoms with E-state index in [1.165, 1.54) is 18.3 Å². The highest BCUT2D eigenvalue weighted by molar-refractivity contribution is 6.33. The normalized spacial score (nSPS) is 15.0. The van der Waals surface area contributed by atoms with Gasteiger partial charge in [-0.3, -0.25) is 5.32 Å². The number of nitrogens with two attached hydrogens (primary N) is 1. The number of fused-ring (bicyclic) bond motifs is 3. The Morgan fingerprint density at radius 2 is 2.00 bits per heavy atom. The van der Waals surface area contributed by atoms with Gasteiger partial charge in [-0.05, 0) is 18.2 Å². The summed E-state index contributed by atoms with van der Waals surface area (Å²) in [5, 5.41) is 14.4. The molecule has 10 heteroatoms. The Bertz CT molecular complexity index is 925. The van der Waals surface area contributed by atoms with Gasteiger partial charge >= 0.3 is 6.03 Å². The Balaban J connectivity index is 1.95. The summed E-state index contributed by atoms with van der Waals surface area (Å²) < 4.78 is 11.0. The van der Waals surface area contributed by atoms with Gasteiger partial charge in [0.1, 0.15) is 25.0 Å². The molecule has 2 amide bonds. The second kappa shape index (κ2) is 7.58. The van der Waals surface area contributed by atoms with Crippen molar-refractivity contribution < 1.29 is 14.3 Å². The first-order valence-electron chi connectivity index (χ1n) is 7.41. The molecule has 3 rings (SSSR count). The number of carbonyl (C=O) groups excluding carboxylic acids is 1. The lowest BCUT2D eigenvalue weighted by Gasteiger charge is -2.14. The largest absolute Gasteiger partial charge is 0.487 e. The first-order valence-corrected chi connectivity index (χ1v) is 7.79. The van der Waals surface area contributed by atoms with Crippen LogP contribution in [0.2, 0.25) is 5.02 Å². The van der Waals surface area contributed by atoms with Crippen LogP contribution in [0.15, 0.2) is 30.5 Å². The number of hydrogen-bond acceptors (Lipinski definition) is 7. The molecule has 0 saturated heterocycles. The van der Waals surface area contributed by atoms with Crippen molar-refractivity contribution in [2.75, 3.05) is 29.6 Å². The summed E-state index contributed by atoms with van der Waals surface area (Å²) in [7, 11) is 0. The number of nitrogens with zero attached hydrogens (tertiary/aromatic N) is 3. The number of nitrogen functional groups attached to an aromatic ring is 1. The summed E-state index contributed by atoms with van der Waals surface area (Å²) in [6.07, 6.45) is 4.66. The van der Waals surface area contributed by atoms with E-state index < -0.39 is 6.03 Å². The highest BCUT2D eigenvalue weighted by Crippen LogP contribution is 2.33. The number of aromatic nitrogens is 2. The number of nitriles is 1. The van der Waals surface area contributed by atoms with Crippen LogP contribution in [0, 0.1) is 11.3 Å². The van der Waals surface area contributed by atoms with Gasteiger partial charge in [-0.15, -0.1) is 0 Å². The predicted octanol–water partition coefficient (Wildman–Crippen LogP) is 2.56. The molecule has 0 radical (unpaired) electrons. The van der Waals surface area contributed by atoms with E-state index in [0.717, 1.165) is 0 Å². The summed E-state index contributed by atoms with van der Waals surface area (Å²) in [4.78, 5) is 20.2. The van der Waals surface area contributed by atoms with Gasteiger partial charge in [-0.2, -0.15) is 10.2 Å². The smallest absolute Gasteiger partial charge is 0.325 e. The van der Waals surface area contributed by atoms with Crippen molar-refractivity contribution in [1.29, 1.82) is 5.26 Å². The summed E-state index contributed by atoms with van der Waals surface area (Å²) in [5.41, 5.74) is 6.46. The van der Waals surface area contributed by atoms with Crippen molar-refractivity contribution in [2.45, 2.75) is 0 Å². The molecule has 2 bridgehead atoms. The molecule has 1 aliphatic rings. The minimum atomic E-state index is -0.603. The van der Waals surface area contributed by atoms with Gasteiger partial charge in [0.2, 0.25) is 5.69 Å². The summed E-state index contributed by atoms with van der Waals surface area (Å²) in [6, 6.07) is 4.28. The number of hydrogen-bond donors (Lipinski definition) is 3. The molecule has 9 nitrogen and oxygen atoms in total. The van der Waals surface area contributed by atoms with Crippen LogP contribution in [-0.2, 0) is 0 Å². The first kappa shape index (κ1) is 17.3. The molecule has 1 aromatic carbocycles. The number of halogens is 1. The van der Waals surface area contributed by atoms with Crippen LogP contribution in [0.3, 0.4) is 0 Å². The zero-order valence-corrected chi connectivity index (χ0v) is 14.1. The second-order valence-electron chi connectivity index (χ2n) is 5.06.